The van der Waals surface area contributed by atoms with E-state index in [9.17, 15) is 23.3 Å². The number of nitrogens with one attached hydrogen (secondary N) is 1. The van der Waals surface area contributed by atoms with Gasteiger partial charge in [0.15, 0.2) is 9.47 Å². The van der Waals surface area contributed by atoms with Crippen LogP contribution in [0.3, 0.4) is 0 Å². The van der Waals surface area contributed by atoms with Crippen molar-refractivity contribution in [1.82, 2.24) is 9.97 Å². The van der Waals surface area contributed by atoms with E-state index < -0.39 is 14.8 Å². The summed E-state index contributed by atoms with van der Waals surface area (Å²) in [4.78, 5) is 30.7. The zero-order chi connectivity index (χ0) is 22.0. The number of hydrogen-bond donors (Lipinski definition) is 1. The maximum atomic E-state index is 12.7. The number of hydrogen-bond acceptors (Lipinski definition) is 10. The molecule has 0 unspecified atom stereocenters. The van der Waals surface area contributed by atoms with Crippen molar-refractivity contribution in [3.05, 3.63) is 64.8 Å². The van der Waals surface area contributed by atoms with Crippen molar-refractivity contribution in [3.8, 4) is 0 Å². The van der Waals surface area contributed by atoms with Gasteiger partial charge in [-0.05, 0) is 24.3 Å². The molecule has 1 amide bonds. The van der Waals surface area contributed by atoms with Crippen molar-refractivity contribution in [2.24, 2.45) is 0 Å². The Hall–Kier alpha value is -2.87. The molecular weight excluding hydrogens is 480 g/mol. The van der Waals surface area contributed by atoms with Gasteiger partial charge in [0.25, 0.3) is 5.69 Å². The molecule has 2 aromatic carbocycles. The highest BCUT2D eigenvalue weighted by atomic mass is 32.2. The average molecular weight is 493 g/mol. The van der Waals surface area contributed by atoms with Gasteiger partial charge < -0.3 is 5.32 Å². The van der Waals surface area contributed by atoms with Crippen LogP contribution in [0, 0.1) is 10.1 Å². The van der Waals surface area contributed by atoms with Crippen molar-refractivity contribution < 1.29 is 18.1 Å². The van der Waals surface area contributed by atoms with E-state index in [0.717, 1.165) is 44.2 Å². The number of aromatic nitrogens is 2. The molecule has 158 valence electrons. The van der Waals surface area contributed by atoms with Gasteiger partial charge in [0.05, 0.1) is 32.0 Å². The molecule has 0 spiro atoms. The number of para-hydroxylation sites is 1. The first-order valence-electron chi connectivity index (χ1n) is 8.56. The Bertz CT molecular complexity index is 1350. The topological polar surface area (TPSA) is 132 Å². The van der Waals surface area contributed by atoms with E-state index in [1.165, 1.54) is 35.2 Å². The SMILES string of the molecule is O=C(CSc1nc2ccccc2s1)Nc1ncc(S(=O)(=O)c2ccc([N+](=O)[O-])cc2)s1. The number of rotatable bonds is 7. The number of nitro groups is 1. The lowest BCUT2D eigenvalue weighted by atomic mass is 10.3. The third-order valence-corrected chi connectivity index (χ3v) is 9.28. The largest absolute Gasteiger partial charge is 0.301 e. The first kappa shape index (κ1) is 21.4. The van der Waals surface area contributed by atoms with Crippen LogP contribution >= 0.6 is 34.4 Å². The Morgan fingerprint density at radius 1 is 1.13 bits per heavy atom. The molecule has 13 heteroatoms. The van der Waals surface area contributed by atoms with Gasteiger partial charge in [0.2, 0.25) is 15.7 Å². The number of amides is 1. The number of nitrogens with zero attached hydrogens (tertiary/aromatic N) is 3. The van der Waals surface area contributed by atoms with Gasteiger partial charge in [0.1, 0.15) is 4.21 Å². The molecule has 31 heavy (non-hydrogen) atoms. The molecule has 9 nitrogen and oxygen atoms in total. The fourth-order valence-corrected chi connectivity index (χ4v) is 6.82. The van der Waals surface area contributed by atoms with E-state index in [2.05, 4.69) is 15.3 Å². The molecule has 0 atom stereocenters. The van der Waals surface area contributed by atoms with E-state index in [1.54, 1.807) is 0 Å². The van der Waals surface area contributed by atoms with Crippen molar-refractivity contribution in [1.29, 1.82) is 0 Å². The van der Waals surface area contributed by atoms with E-state index in [0.29, 0.717) is 0 Å². The van der Waals surface area contributed by atoms with Gasteiger partial charge in [-0.2, -0.15) is 0 Å². The summed E-state index contributed by atoms with van der Waals surface area (Å²) < 4.78 is 27.1. The number of nitro benzene ring substituents is 1. The van der Waals surface area contributed by atoms with E-state index in [4.69, 9.17) is 0 Å². The number of carbonyl (C=O) groups is 1. The van der Waals surface area contributed by atoms with Crippen LogP contribution in [0.15, 0.2) is 68.2 Å². The van der Waals surface area contributed by atoms with Crippen LogP contribution in [-0.4, -0.2) is 35.0 Å². The smallest absolute Gasteiger partial charge is 0.269 e. The molecule has 0 radical (unpaired) electrons. The Morgan fingerprint density at radius 3 is 2.58 bits per heavy atom. The van der Waals surface area contributed by atoms with Gasteiger partial charge in [-0.25, -0.2) is 18.4 Å². The number of thioether (sulfide) groups is 1. The normalized spacial score (nSPS) is 11.5. The summed E-state index contributed by atoms with van der Waals surface area (Å²) in [7, 11) is -3.90. The van der Waals surface area contributed by atoms with Crippen molar-refractivity contribution in [3.63, 3.8) is 0 Å². The van der Waals surface area contributed by atoms with Crippen LogP contribution in [0.25, 0.3) is 10.2 Å². The number of thiazole rings is 2. The maximum Gasteiger partial charge on any atom is 0.269 e. The molecule has 0 fully saturated rings. The van der Waals surface area contributed by atoms with Gasteiger partial charge in [0, 0.05) is 12.1 Å². The quantitative estimate of drug-likeness (QED) is 0.230. The summed E-state index contributed by atoms with van der Waals surface area (Å²) >= 11 is 3.59. The van der Waals surface area contributed by atoms with Crippen LogP contribution in [0.2, 0.25) is 0 Å². The van der Waals surface area contributed by atoms with E-state index in [1.807, 2.05) is 24.3 Å². The highest BCUT2D eigenvalue weighted by Crippen LogP contribution is 2.31. The van der Waals surface area contributed by atoms with Gasteiger partial charge in [-0.15, -0.1) is 11.3 Å². The summed E-state index contributed by atoms with van der Waals surface area (Å²) in [6.45, 7) is 0. The van der Waals surface area contributed by atoms with Crippen LogP contribution in [0.4, 0.5) is 10.8 Å². The minimum atomic E-state index is -3.90. The van der Waals surface area contributed by atoms with Crippen molar-refractivity contribution in [2.75, 3.05) is 11.1 Å². The van der Waals surface area contributed by atoms with Crippen LogP contribution < -0.4 is 5.32 Å². The number of non-ortho nitro benzene ring substituents is 1. The Kier molecular flexibility index (Phi) is 6.00. The van der Waals surface area contributed by atoms with Crippen LogP contribution in [0.1, 0.15) is 0 Å². The monoisotopic (exact) mass is 492 g/mol. The first-order chi connectivity index (χ1) is 14.8. The molecule has 0 aliphatic heterocycles. The molecule has 0 saturated heterocycles. The molecule has 4 rings (SSSR count). The number of sulfone groups is 1. The zero-order valence-corrected chi connectivity index (χ0v) is 18.7. The number of benzene rings is 2. The minimum absolute atomic E-state index is 0.0736. The van der Waals surface area contributed by atoms with Gasteiger partial charge >= 0.3 is 0 Å². The minimum Gasteiger partial charge on any atom is -0.301 e. The number of carbonyl (C=O) groups excluding carboxylic acids is 1. The molecule has 2 heterocycles. The van der Waals surface area contributed by atoms with Gasteiger partial charge in [-0.1, -0.05) is 35.2 Å². The Balaban J connectivity index is 1.40. The molecule has 0 aliphatic carbocycles. The summed E-state index contributed by atoms with van der Waals surface area (Å²) in [5, 5.41) is 13.5. The number of anilines is 1. The lowest BCUT2D eigenvalue weighted by Crippen LogP contribution is -2.13. The molecule has 0 aliphatic rings. The lowest BCUT2D eigenvalue weighted by molar-refractivity contribution is -0.384. The third kappa shape index (κ3) is 4.74. The predicted molar refractivity (Wildman–Crippen MR) is 120 cm³/mol. The maximum absolute atomic E-state index is 12.7. The zero-order valence-electron chi connectivity index (χ0n) is 15.4. The standard InChI is InChI=1S/C18H12N4O5S4/c23-15(10-28-18-20-13-3-1-2-4-14(13)29-18)21-17-19-9-16(30-17)31(26,27)12-7-5-11(6-8-12)22(24)25/h1-9H,10H2,(H,19,21,23). The van der Waals surface area contributed by atoms with Gasteiger partial charge in [-0.3, -0.25) is 14.9 Å². The summed E-state index contributed by atoms with van der Waals surface area (Å²) in [5.74, 6) is -0.234. The Labute approximate surface area is 188 Å². The Morgan fingerprint density at radius 2 is 1.87 bits per heavy atom. The molecular formula is C18H12N4O5S4. The van der Waals surface area contributed by atoms with Crippen LogP contribution in [0.5, 0.6) is 0 Å². The van der Waals surface area contributed by atoms with Crippen LogP contribution in [-0.2, 0) is 14.6 Å². The van der Waals surface area contributed by atoms with Crippen molar-refractivity contribution >= 4 is 71.2 Å². The van der Waals surface area contributed by atoms with E-state index >= 15 is 0 Å². The highest BCUT2D eigenvalue weighted by molar-refractivity contribution is 8.01. The average Bonchev–Trinajstić information content (AvgIpc) is 3.39. The van der Waals surface area contributed by atoms with Crippen molar-refractivity contribution in [2.45, 2.75) is 13.4 Å². The fourth-order valence-electron chi connectivity index (χ4n) is 2.50. The third-order valence-electron chi connectivity index (χ3n) is 3.95. The first-order valence-corrected chi connectivity index (χ1v) is 12.7. The highest BCUT2D eigenvalue weighted by Gasteiger charge is 2.22. The second kappa shape index (κ2) is 8.70. The fraction of sp³-hybridized carbons (Fsp3) is 0.0556. The second-order valence-corrected chi connectivity index (χ2v) is 11.5. The number of fused-ring (bicyclic) bond motifs is 1. The molecule has 1 N–H and O–H groups in total. The molecule has 0 bridgehead atoms. The summed E-state index contributed by atoms with van der Waals surface area (Å²) in [6.07, 6.45) is 1.15. The molecule has 0 saturated carbocycles. The summed E-state index contributed by atoms with van der Waals surface area (Å²) in [5.41, 5.74) is 0.665. The molecule has 2 aromatic heterocycles. The second-order valence-electron chi connectivity index (χ2n) is 6.02. The van der Waals surface area contributed by atoms with E-state index in [-0.39, 0.29) is 31.6 Å². The summed E-state index contributed by atoms with van der Waals surface area (Å²) in [6, 6.07) is 12.3. The molecule has 4 aromatic rings. The predicted octanol–water partition coefficient (Wildman–Crippen LogP) is 4.22. The lowest BCUT2D eigenvalue weighted by Gasteiger charge is -2.01.